The first-order valence-electron chi connectivity index (χ1n) is 25.4. The zero-order chi connectivity index (χ0) is 44.2. The Balaban J connectivity index is 1.03. The molecule has 13 heteroatoms. The number of likely N-dealkylation sites (N-methyl/N-ethyl adjacent to an activating group) is 2. The highest BCUT2D eigenvalue weighted by Crippen LogP contribution is 2.42. The van der Waals surface area contributed by atoms with Crippen molar-refractivity contribution in [2.45, 2.75) is 217 Å². The third kappa shape index (κ3) is 12.4. The van der Waals surface area contributed by atoms with Crippen LogP contribution in [0.1, 0.15) is 174 Å². The van der Waals surface area contributed by atoms with Crippen molar-refractivity contribution in [3.63, 3.8) is 0 Å². The van der Waals surface area contributed by atoms with Crippen LogP contribution in [0, 0.1) is 35.5 Å². The van der Waals surface area contributed by atoms with Gasteiger partial charge in [-0.1, -0.05) is 96.3 Å². The first-order chi connectivity index (χ1) is 30.0. The van der Waals surface area contributed by atoms with Gasteiger partial charge in [-0.05, 0) is 116 Å². The highest BCUT2D eigenvalue weighted by molar-refractivity contribution is 5.96. The van der Waals surface area contributed by atoms with E-state index in [0.717, 1.165) is 51.4 Å². The smallest absolute Gasteiger partial charge is 0.245 e. The van der Waals surface area contributed by atoms with Crippen LogP contribution in [0.5, 0.6) is 0 Å². The number of amides is 5. The molecular formula is C49H83N7O6. The van der Waals surface area contributed by atoms with Crippen LogP contribution in [0.15, 0.2) is 0 Å². The lowest BCUT2D eigenvalue weighted by Gasteiger charge is -2.42. The minimum Gasteiger partial charge on any atom is -0.353 e. The molecule has 5 saturated carbocycles. The number of hydrogen-bond donors (Lipinski definition) is 6. The Morgan fingerprint density at radius 2 is 1.00 bits per heavy atom. The molecule has 6 aliphatic rings. The Kier molecular flexibility index (Phi) is 18.5. The number of ketones is 1. The summed E-state index contributed by atoms with van der Waals surface area (Å²) in [7, 11) is 3.44. The average Bonchev–Trinajstić information content (AvgIpc) is 4.00. The van der Waals surface area contributed by atoms with Gasteiger partial charge in [0, 0.05) is 30.5 Å². The van der Waals surface area contributed by atoms with Gasteiger partial charge in [0.2, 0.25) is 29.5 Å². The van der Waals surface area contributed by atoms with E-state index in [1.54, 1.807) is 32.8 Å². The number of hydrogen-bond acceptors (Lipinski definition) is 8. The molecular weight excluding hydrogens is 783 g/mol. The lowest BCUT2D eigenvalue weighted by Crippen LogP contribution is -2.57. The molecule has 0 bridgehead atoms. The minimum absolute atomic E-state index is 0.0220. The van der Waals surface area contributed by atoms with Crippen LogP contribution < -0.4 is 31.9 Å². The van der Waals surface area contributed by atoms with E-state index in [0.29, 0.717) is 75.2 Å². The van der Waals surface area contributed by atoms with Gasteiger partial charge in [-0.3, -0.25) is 28.8 Å². The number of nitrogens with zero attached hydrogens (tertiary/aromatic N) is 1. The Labute approximate surface area is 372 Å². The molecule has 6 N–H and O–H groups in total. The molecule has 13 nitrogen and oxygen atoms in total. The second kappa shape index (κ2) is 23.7. The van der Waals surface area contributed by atoms with E-state index >= 15 is 0 Å². The molecule has 7 unspecified atom stereocenters. The van der Waals surface area contributed by atoms with Crippen molar-refractivity contribution in [2.24, 2.45) is 35.5 Å². The van der Waals surface area contributed by atoms with Crippen molar-refractivity contribution in [3.05, 3.63) is 0 Å². The summed E-state index contributed by atoms with van der Waals surface area (Å²) in [4.78, 5) is 84.4. The summed E-state index contributed by atoms with van der Waals surface area (Å²) in [5.74, 6) is 0.983. The Morgan fingerprint density at radius 3 is 1.58 bits per heavy atom. The van der Waals surface area contributed by atoms with Gasteiger partial charge in [-0.25, -0.2) is 0 Å². The van der Waals surface area contributed by atoms with Gasteiger partial charge in [0.25, 0.3) is 0 Å². The highest BCUT2D eigenvalue weighted by atomic mass is 16.2. The van der Waals surface area contributed by atoms with E-state index in [9.17, 15) is 28.8 Å². The fraction of sp³-hybridized carbons (Fsp3) is 0.878. The first-order valence-corrected chi connectivity index (χ1v) is 25.4. The van der Waals surface area contributed by atoms with Crippen molar-refractivity contribution in [3.8, 4) is 0 Å². The molecule has 0 aromatic rings. The number of carbonyl (C=O) groups is 6. The van der Waals surface area contributed by atoms with Crippen LogP contribution in [0.25, 0.3) is 0 Å². The largest absolute Gasteiger partial charge is 0.353 e. The molecule has 62 heavy (non-hydrogen) atoms. The maximum absolute atomic E-state index is 14.3. The molecule has 1 heterocycles. The van der Waals surface area contributed by atoms with E-state index in [2.05, 4.69) is 31.9 Å². The van der Waals surface area contributed by atoms with Gasteiger partial charge in [-0.15, -0.1) is 0 Å². The third-order valence-corrected chi connectivity index (χ3v) is 16.5. The van der Waals surface area contributed by atoms with Crippen molar-refractivity contribution >= 4 is 35.3 Å². The number of likely N-dealkylation sites (tertiary alicyclic amines) is 1. The molecule has 5 amide bonds. The van der Waals surface area contributed by atoms with Crippen LogP contribution in [0.3, 0.4) is 0 Å². The molecule has 1 saturated heterocycles. The molecule has 0 spiro atoms. The first kappa shape index (κ1) is 48.4. The van der Waals surface area contributed by atoms with Gasteiger partial charge >= 0.3 is 0 Å². The molecule has 6 fully saturated rings. The lowest BCUT2D eigenvalue weighted by atomic mass is 9.68. The van der Waals surface area contributed by atoms with E-state index in [-0.39, 0.29) is 53.3 Å². The summed E-state index contributed by atoms with van der Waals surface area (Å²) in [5, 5.41) is 18.9. The Bertz CT molecular complexity index is 1410. The molecule has 6 rings (SSSR count). The second-order valence-electron chi connectivity index (χ2n) is 20.4. The maximum atomic E-state index is 14.3. The van der Waals surface area contributed by atoms with Crippen LogP contribution in [0.4, 0.5) is 0 Å². The van der Waals surface area contributed by atoms with Crippen LogP contribution >= 0.6 is 0 Å². The quantitative estimate of drug-likeness (QED) is 0.0878. The number of rotatable bonds is 20. The number of fused-ring (bicyclic) bond motifs is 2. The van der Waals surface area contributed by atoms with E-state index < -0.39 is 36.1 Å². The number of Topliss-reactive ketones (excluding diaryl/α,β-unsaturated/α-hetero) is 1. The third-order valence-electron chi connectivity index (χ3n) is 16.5. The van der Waals surface area contributed by atoms with Gasteiger partial charge in [-0.2, -0.15) is 0 Å². The fourth-order valence-corrected chi connectivity index (χ4v) is 12.6. The van der Waals surface area contributed by atoms with E-state index in [1.807, 2.05) is 0 Å². The van der Waals surface area contributed by atoms with Gasteiger partial charge in [0.05, 0.1) is 18.1 Å². The van der Waals surface area contributed by atoms with Gasteiger partial charge in [0.15, 0.2) is 5.78 Å². The van der Waals surface area contributed by atoms with Crippen LogP contribution in [-0.4, -0.2) is 103 Å². The minimum atomic E-state index is -0.746. The van der Waals surface area contributed by atoms with Crippen molar-refractivity contribution in [2.75, 3.05) is 20.6 Å². The summed E-state index contributed by atoms with van der Waals surface area (Å²) >= 11 is 0. The predicted octanol–water partition coefficient (Wildman–Crippen LogP) is 5.44. The fourth-order valence-electron chi connectivity index (χ4n) is 12.6. The summed E-state index contributed by atoms with van der Waals surface area (Å²) in [5.41, 5.74) is 0. The highest BCUT2D eigenvalue weighted by Gasteiger charge is 2.44. The van der Waals surface area contributed by atoms with Crippen LogP contribution in [0.2, 0.25) is 0 Å². The Hall–Kier alpha value is -3.06. The van der Waals surface area contributed by atoms with E-state index in [4.69, 9.17) is 0 Å². The molecule has 0 aromatic carbocycles. The molecule has 13 atom stereocenters. The monoisotopic (exact) mass is 866 g/mol. The summed E-state index contributed by atoms with van der Waals surface area (Å²) in [6.07, 6.45) is 24.1. The van der Waals surface area contributed by atoms with Crippen molar-refractivity contribution < 1.29 is 28.8 Å². The zero-order valence-electron chi connectivity index (χ0n) is 38.8. The summed E-state index contributed by atoms with van der Waals surface area (Å²) < 4.78 is 0. The number of unbranched alkanes of at least 4 members (excludes halogenated alkanes) is 3. The Morgan fingerprint density at radius 1 is 0.516 bits per heavy atom. The second-order valence-corrected chi connectivity index (χ2v) is 20.4. The topological polar surface area (TPSA) is 178 Å². The molecule has 5 aliphatic carbocycles. The molecule has 0 aromatic heterocycles. The van der Waals surface area contributed by atoms with Gasteiger partial charge < -0.3 is 36.8 Å². The van der Waals surface area contributed by atoms with Gasteiger partial charge in [0.1, 0.15) is 12.1 Å². The number of nitrogens with one attached hydrogen (secondary N) is 6. The summed E-state index contributed by atoms with van der Waals surface area (Å²) in [6, 6.07) is -2.51. The summed E-state index contributed by atoms with van der Waals surface area (Å²) in [6.45, 7) is 4.04. The number of carbonyl (C=O) groups excluding carboxylic acids is 6. The average molecular weight is 866 g/mol. The van der Waals surface area contributed by atoms with Crippen molar-refractivity contribution in [1.82, 2.24) is 36.8 Å². The molecule has 1 aliphatic heterocycles. The maximum Gasteiger partial charge on any atom is 0.245 e. The molecule has 350 valence electrons. The SMILES string of the molecule is CN[C@@H](C)C(=O)N[C@@H](CCCCCC[C@H](NC(=O)[C@H](C)NC)C(=O)N1CCC[C@H]1C(=O)NC1CCCC2CCCCC21)C(=O)C1CCC[C@H]1C(=O)NC1CCCC2CCCCC21. The normalized spacial score (nSPS) is 31.7. The van der Waals surface area contributed by atoms with Crippen LogP contribution in [-0.2, 0) is 28.8 Å². The standard InChI is InChI=1S/C49H83N7O6/c1-31(50-3)45(58)54-41(44(57)37-23-15-24-38(37)47(60)52-39-27-13-19-33-17-9-11-21-35(33)39)25-7-5-6-8-26-42(55-46(59)32(2)51-4)49(62)56-30-16-29-43(56)48(61)53-40-28-14-20-34-18-10-12-22-36(34)40/h31-43,50-51H,5-30H2,1-4H3,(H,52,60)(H,53,61)(H,54,58)(H,55,59)/t31-,32-,33?,34?,35?,36?,37?,38+,39?,40?,41-,42-,43-/m0/s1. The predicted molar refractivity (Wildman–Crippen MR) is 242 cm³/mol. The zero-order valence-corrected chi connectivity index (χ0v) is 38.8. The molecule has 0 radical (unpaired) electrons. The van der Waals surface area contributed by atoms with Crippen molar-refractivity contribution in [1.29, 1.82) is 0 Å². The lowest BCUT2D eigenvalue weighted by molar-refractivity contribution is -0.142. The van der Waals surface area contributed by atoms with E-state index in [1.165, 1.54) is 64.2 Å².